The highest BCUT2D eigenvalue weighted by atomic mass is 79.9. The van der Waals surface area contributed by atoms with Crippen LogP contribution in [0.5, 0.6) is 0 Å². The molecule has 0 N–H and O–H groups in total. The highest BCUT2D eigenvalue weighted by Gasteiger charge is 2.35. The molecule has 122 valence electrons. The minimum absolute atomic E-state index is 0.131. The van der Waals surface area contributed by atoms with Crippen LogP contribution < -0.4 is 4.90 Å². The Kier molecular flexibility index (Phi) is 4.80. The molecule has 1 aromatic carbocycles. The zero-order valence-corrected chi connectivity index (χ0v) is 15.4. The molecule has 3 rings (SSSR count). The molecule has 1 aromatic rings. The Bertz CT molecular complexity index is 634. The SMILES string of the molecule is Cc1cc(N2CCN(S(=O)(=O)C3CCCC3)CC2)ccc1Br. The monoisotopic (exact) mass is 386 g/mol. The van der Waals surface area contributed by atoms with Gasteiger partial charge in [0, 0.05) is 36.3 Å². The first kappa shape index (κ1) is 16.3. The topological polar surface area (TPSA) is 40.6 Å². The molecule has 0 unspecified atom stereocenters. The summed E-state index contributed by atoms with van der Waals surface area (Å²) in [5.41, 5.74) is 2.39. The normalized spacial score (nSPS) is 21.5. The second kappa shape index (κ2) is 6.49. The van der Waals surface area contributed by atoms with E-state index in [1.165, 1.54) is 11.3 Å². The van der Waals surface area contributed by atoms with Gasteiger partial charge in [-0.3, -0.25) is 0 Å². The third-order valence-corrected chi connectivity index (χ3v) is 8.12. The van der Waals surface area contributed by atoms with E-state index >= 15 is 0 Å². The number of hydrogen-bond acceptors (Lipinski definition) is 3. The van der Waals surface area contributed by atoms with Crippen LogP contribution in [-0.4, -0.2) is 44.2 Å². The summed E-state index contributed by atoms with van der Waals surface area (Å²) in [7, 11) is -3.08. The molecule has 0 bridgehead atoms. The van der Waals surface area contributed by atoms with E-state index in [1.54, 1.807) is 4.31 Å². The highest BCUT2D eigenvalue weighted by Crippen LogP contribution is 2.29. The van der Waals surface area contributed by atoms with Crippen LogP contribution in [0.25, 0.3) is 0 Å². The van der Waals surface area contributed by atoms with Crippen LogP contribution in [0.1, 0.15) is 31.2 Å². The summed E-state index contributed by atoms with van der Waals surface area (Å²) >= 11 is 3.52. The van der Waals surface area contributed by atoms with Gasteiger partial charge in [-0.2, -0.15) is 4.31 Å². The molecule has 6 heteroatoms. The van der Waals surface area contributed by atoms with E-state index in [2.05, 4.69) is 46.0 Å². The van der Waals surface area contributed by atoms with Gasteiger partial charge in [0.05, 0.1) is 5.25 Å². The van der Waals surface area contributed by atoms with Crippen molar-refractivity contribution in [3.8, 4) is 0 Å². The number of anilines is 1. The predicted octanol–water partition coefficient (Wildman–Crippen LogP) is 3.15. The van der Waals surface area contributed by atoms with Crippen molar-refractivity contribution in [2.45, 2.75) is 37.9 Å². The van der Waals surface area contributed by atoms with Crippen molar-refractivity contribution >= 4 is 31.6 Å². The highest BCUT2D eigenvalue weighted by molar-refractivity contribution is 9.10. The number of rotatable bonds is 3. The molecule has 1 saturated heterocycles. The van der Waals surface area contributed by atoms with Crippen molar-refractivity contribution in [2.24, 2.45) is 0 Å². The van der Waals surface area contributed by atoms with Crippen molar-refractivity contribution in [2.75, 3.05) is 31.1 Å². The lowest BCUT2D eigenvalue weighted by atomic mass is 10.2. The summed E-state index contributed by atoms with van der Waals surface area (Å²) in [5, 5.41) is -0.131. The minimum Gasteiger partial charge on any atom is -0.369 e. The number of benzene rings is 1. The molecule has 2 aliphatic rings. The second-order valence-electron chi connectivity index (χ2n) is 6.27. The number of aryl methyl sites for hydroxylation is 1. The van der Waals surface area contributed by atoms with Gasteiger partial charge in [-0.1, -0.05) is 28.8 Å². The summed E-state index contributed by atoms with van der Waals surface area (Å²) < 4.78 is 28.1. The average molecular weight is 387 g/mol. The standard InChI is InChI=1S/C16H23BrN2O2S/c1-13-12-14(6-7-16(13)17)18-8-10-19(11-9-18)22(20,21)15-4-2-3-5-15/h6-7,12,15H,2-5,8-11H2,1H3. The molecule has 1 saturated carbocycles. The van der Waals surface area contributed by atoms with Crippen molar-refractivity contribution in [3.05, 3.63) is 28.2 Å². The smallest absolute Gasteiger partial charge is 0.217 e. The number of sulfonamides is 1. The first-order chi connectivity index (χ1) is 10.5. The third-order valence-electron chi connectivity index (χ3n) is 4.83. The fourth-order valence-electron chi connectivity index (χ4n) is 3.42. The lowest BCUT2D eigenvalue weighted by molar-refractivity contribution is 0.378. The molecule has 1 heterocycles. The van der Waals surface area contributed by atoms with Gasteiger partial charge in [-0.25, -0.2) is 8.42 Å². The molecule has 0 amide bonds. The van der Waals surface area contributed by atoms with Crippen LogP contribution in [0.2, 0.25) is 0 Å². The van der Waals surface area contributed by atoms with Crippen molar-refractivity contribution < 1.29 is 8.42 Å². The van der Waals surface area contributed by atoms with Crippen LogP contribution in [0, 0.1) is 6.92 Å². The first-order valence-corrected chi connectivity index (χ1v) is 10.3. The first-order valence-electron chi connectivity index (χ1n) is 7.98. The molecule has 0 aromatic heterocycles. The van der Waals surface area contributed by atoms with E-state index in [9.17, 15) is 8.42 Å². The maximum Gasteiger partial charge on any atom is 0.217 e. The maximum atomic E-state index is 12.6. The Balaban J connectivity index is 1.66. The quantitative estimate of drug-likeness (QED) is 0.800. The Labute approximate surface area is 141 Å². The van der Waals surface area contributed by atoms with Gasteiger partial charge in [0.15, 0.2) is 0 Å². The van der Waals surface area contributed by atoms with E-state index in [-0.39, 0.29) is 5.25 Å². The number of halogens is 1. The van der Waals surface area contributed by atoms with Gasteiger partial charge in [0.1, 0.15) is 0 Å². The van der Waals surface area contributed by atoms with Gasteiger partial charge < -0.3 is 4.90 Å². The Morgan fingerprint density at radius 1 is 1.09 bits per heavy atom. The Morgan fingerprint density at radius 2 is 1.73 bits per heavy atom. The van der Waals surface area contributed by atoms with Gasteiger partial charge in [0.2, 0.25) is 10.0 Å². The van der Waals surface area contributed by atoms with Gasteiger partial charge in [-0.05, 0) is 43.5 Å². The molecule has 0 radical (unpaired) electrons. The molecule has 0 atom stereocenters. The summed E-state index contributed by atoms with van der Waals surface area (Å²) in [6.07, 6.45) is 3.80. The van der Waals surface area contributed by atoms with Gasteiger partial charge >= 0.3 is 0 Å². The largest absolute Gasteiger partial charge is 0.369 e. The molecule has 1 aliphatic carbocycles. The third kappa shape index (κ3) is 3.19. The maximum absolute atomic E-state index is 12.6. The van der Waals surface area contributed by atoms with Crippen molar-refractivity contribution in [1.29, 1.82) is 0 Å². The van der Waals surface area contributed by atoms with Crippen molar-refractivity contribution in [1.82, 2.24) is 4.31 Å². The zero-order valence-electron chi connectivity index (χ0n) is 13.0. The van der Waals surface area contributed by atoms with E-state index in [1.807, 2.05) is 0 Å². The molecular weight excluding hydrogens is 364 g/mol. The number of nitrogens with zero attached hydrogens (tertiary/aromatic N) is 2. The fraction of sp³-hybridized carbons (Fsp3) is 0.625. The molecular formula is C16H23BrN2O2S. The summed E-state index contributed by atoms with van der Waals surface area (Å²) in [6.45, 7) is 4.83. The Morgan fingerprint density at radius 3 is 2.32 bits per heavy atom. The number of piperazine rings is 1. The average Bonchev–Trinajstić information content (AvgIpc) is 3.05. The van der Waals surface area contributed by atoms with Crippen LogP contribution in [0.15, 0.2) is 22.7 Å². The summed E-state index contributed by atoms with van der Waals surface area (Å²) in [6, 6.07) is 6.32. The van der Waals surface area contributed by atoms with Crippen LogP contribution >= 0.6 is 15.9 Å². The minimum atomic E-state index is -3.08. The molecule has 22 heavy (non-hydrogen) atoms. The van der Waals surface area contributed by atoms with Gasteiger partial charge in [-0.15, -0.1) is 0 Å². The fourth-order valence-corrected chi connectivity index (χ4v) is 5.69. The lowest BCUT2D eigenvalue weighted by Gasteiger charge is -2.36. The summed E-state index contributed by atoms with van der Waals surface area (Å²) in [4.78, 5) is 2.28. The van der Waals surface area contributed by atoms with Crippen LogP contribution in [0.4, 0.5) is 5.69 Å². The molecule has 0 spiro atoms. The lowest BCUT2D eigenvalue weighted by Crippen LogP contribution is -2.50. The van der Waals surface area contributed by atoms with Crippen LogP contribution in [-0.2, 0) is 10.0 Å². The number of hydrogen-bond donors (Lipinski definition) is 0. The molecule has 1 aliphatic heterocycles. The van der Waals surface area contributed by atoms with Crippen molar-refractivity contribution in [3.63, 3.8) is 0 Å². The Hall–Kier alpha value is -0.590. The molecule has 4 nitrogen and oxygen atoms in total. The van der Waals surface area contributed by atoms with E-state index in [0.29, 0.717) is 13.1 Å². The van der Waals surface area contributed by atoms with Crippen LogP contribution in [0.3, 0.4) is 0 Å². The second-order valence-corrected chi connectivity index (χ2v) is 9.34. The van der Waals surface area contributed by atoms with E-state index in [4.69, 9.17) is 0 Å². The van der Waals surface area contributed by atoms with Gasteiger partial charge in [0.25, 0.3) is 0 Å². The predicted molar refractivity (Wildman–Crippen MR) is 93.8 cm³/mol. The zero-order chi connectivity index (χ0) is 15.7. The van der Waals surface area contributed by atoms with E-state index in [0.717, 1.165) is 43.2 Å². The molecule has 2 fully saturated rings. The van der Waals surface area contributed by atoms with E-state index < -0.39 is 10.0 Å². The summed E-state index contributed by atoms with van der Waals surface area (Å²) in [5.74, 6) is 0.